The van der Waals surface area contributed by atoms with Gasteiger partial charge in [-0.25, -0.2) is 0 Å². The summed E-state index contributed by atoms with van der Waals surface area (Å²) in [7, 11) is 0. The van der Waals surface area contributed by atoms with Crippen molar-refractivity contribution >= 4 is 33.4 Å². The van der Waals surface area contributed by atoms with Crippen LogP contribution in [0.2, 0.25) is 0 Å². The fraction of sp³-hybridized carbons (Fsp3) is 0.316. The molecule has 0 unspecified atom stereocenters. The second kappa shape index (κ2) is 5.16. The first-order valence-electron chi connectivity index (χ1n) is 8.10. The summed E-state index contributed by atoms with van der Waals surface area (Å²) in [5.74, 6) is 0.387. The smallest absolute Gasteiger partial charge is 0.227 e. The van der Waals surface area contributed by atoms with Crippen LogP contribution < -0.4 is 5.32 Å². The molecule has 22 heavy (non-hydrogen) atoms. The summed E-state index contributed by atoms with van der Waals surface area (Å²) in [6.07, 6.45) is 3.24. The second-order valence-corrected chi connectivity index (χ2v) is 6.11. The van der Waals surface area contributed by atoms with Crippen LogP contribution in [0.1, 0.15) is 26.2 Å². The number of benzene rings is 2. The number of carbonyl (C=O) groups excluding carboxylic acids is 1. The molecule has 1 amide bonds. The molecule has 112 valence electrons. The van der Waals surface area contributed by atoms with E-state index in [2.05, 4.69) is 53.2 Å². The van der Waals surface area contributed by atoms with Gasteiger partial charge in [0, 0.05) is 40.0 Å². The molecule has 0 atom stereocenters. The molecule has 0 radical (unpaired) electrons. The fourth-order valence-corrected chi connectivity index (χ4v) is 3.39. The van der Waals surface area contributed by atoms with E-state index in [9.17, 15) is 4.79 Å². The molecule has 1 fully saturated rings. The zero-order chi connectivity index (χ0) is 15.1. The molecular formula is C19H20N2O. The predicted molar refractivity (Wildman–Crippen MR) is 91.1 cm³/mol. The molecule has 3 heteroatoms. The molecule has 1 N–H and O–H groups in total. The van der Waals surface area contributed by atoms with Crippen LogP contribution in [0.3, 0.4) is 0 Å². The number of nitrogens with zero attached hydrogens (tertiary/aromatic N) is 1. The van der Waals surface area contributed by atoms with Crippen molar-refractivity contribution in [3.63, 3.8) is 0 Å². The summed E-state index contributed by atoms with van der Waals surface area (Å²) in [6.45, 7) is 3.11. The number of hydrogen-bond acceptors (Lipinski definition) is 1. The minimum Gasteiger partial charge on any atom is -0.341 e. The molecule has 1 aliphatic rings. The average molecular weight is 292 g/mol. The first-order valence-corrected chi connectivity index (χ1v) is 8.10. The number of amides is 1. The van der Waals surface area contributed by atoms with Crippen molar-refractivity contribution < 1.29 is 4.79 Å². The van der Waals surface area contributed by atoms with E-state index in [4.69, 9.17) is 0 Å². The lowest BCUT2D eigenvalue weighted by molar-refractivity contribution is -0.122. The van der Waals surface area contributed by atoms with Crippen LogP contribution in [0.4, 0.5) is 5.69 Å². The van der Waals surface area contributed by atoms with E-state index in [0.717, 1.165) is 25.1 Å². The van der Waals surface area contributed by atoms with Crippen LogP contribution in [0, 0.1) is 5.92 Å². The summed E-state index contributed by atoms with van der Waals surface area (Å²) in [5, 5.41) is 5.54. The highest BCUT2D eigenvalue weighted by Gasteiger charge is 2.25. The Morgan fingerprint density at radius 2 is 1.91 bits per heavy atom. The molecule has 0 bridgehead atoms. The van der Waals surface area contributed by atoms with Gasteiger partial charge in [0.05, 0.1) is 0 Å². The Balaban J connectivity index is 1.79. The van der Waals surface area contributed by atoms with E-state index in [0.29, 0.717) is 0 Å². The van der Waals surface area contributed by atoms with E-state index in [1.807, 2.05) is 6.07 Å². The third-order valence-corrected chi connectivity index (χ3v) is 4.83. The molecule has 0 saturated heterocycles. The molecule has 2 aromatic carbocycles. The van der Waals surface area contributed by atoms with Gasteiger partial charge in [-0.3, -0.25) is 4.79 Å². The van der Waals surface area contributed by atoms with E-state index >= 15 is 0 Å². The largest absolute Gasteiger partial charge is 0.341 e. The third kappa shape index (κ3) is 2.00. The number of aromatic nitrogens is 1. The molecule has 1 aliphatic carbocycles. The van der Waals surface area contributed by atoms with Gasteiger partial charge in [-0.15, -0.1) is 0 Å². The van der Waals surface area contributed by atoms with Gasteiger partial charge in [0.2, 0.25) is 5.91 Å². The number of hydrogen-bond donors (Lipinski definition) is 1. The highest BCUT2D eigenvalue weighted by molar-refractivity contribution is 6.09. The maximum atomic E-state index is 12.1. The topological polar surface area (TPSA) is 34.0 Å². The van der Waals surface area contributed by atoms with E-state index in [1.54, 1.807) is 0 Å². The minimum absolute atomic E-state index is 0.171. The lowest BCUT2D eigenvalue weighted by atomic mass is 9.85. The van der Waals surface area contributed by atoms with Gasteiger partial charge < -0.3 is 9.88 Å². The number of nitrogens with one attached hydrogen (secondary N) is 1. The molecule has 0 aliphatic heterocycles. The van der Waals surface area contributed by atoms with Crippen molar-refractivity contribution in [3.05, 3.63) is 42.5 Å². The predicted octanol–water partition coefficient (Wildman–Crippen LogP) is 4.55. The Bertz CT molecular complexity index is 858. The van der Waals surface area contributed by atoms with Gasteiger partial charge in [-0.05, 0) is 44.0 Å². The van der Waals surface area contributed by atoms with E-state index in [-0.39, 0.29) is 11.8 Å². The lowest BCUT2D eigenvalue weighted by Crippen LogP contribution is -2.27. The maximum absolute atomic E-state index is 12.1. The maximum Gasteiger partial charge on any atom is 0.227 e. The Kier molecular flexibility index (Phi) is 3.14. The number of rotatable bonds is 3. The zero-order valence-electron chi connectivity index (χ0n) is 12.8. The molecular weight excluding hydrogens is 272 g/mol. The first kappa shape index (κ1) is 13.4. The molecule has 3 aromatic rings. The van der Waals surface area contributed by atoms with Gasteiger partial charge in [-0.2, -0.15) is 0 Å². The lowest BCUT2D eigenvalue weighted by Gasteiger charge is -2.24. The molecule has 0 spiro atoms. The molecule has 1 aromatic heterocycles. The van der Waals surface area contributed by atoms with Crippen molar-refractivity contribution in [3.8, 4) is 0 Å². The monoisotopic (exact) mass is 292 g/mol. The molecule has 1 saturated carbocycles. The van der Waals surface area contributed by atoms with Gasteiger partial charge in [0.1, 0.15) is 0 Å². The van der Waals surface area contributed by atoms with Crippen molar-refractivity contribution in [1.29, 1.82) is 0 Å². The normalized spacial score (nSPS) is 15.1. The second-order valence-electron chi connectivity index (χ2n) is 6.11. The molecule has 4 rings (SSSR count). The average Bonchev–Trinajstić information content (AvgIpc) is 2.78. The van der Waals surface area contributed by atoms with Crippen molar-refractivity contribution in [1.82, 2.24) is 4.57 Å². The number of aryl methyl sites for hydroxylation is 1. The third-order valence-electron chi connectivity index (χ3n) is 4.83. The van der Waals surface area contributed by atoms with Gasteiger partial charge >= 0.3 is 0 Å². The van der Waals surface area contributed by atoms with Crippen LogP contribution in [-0.4, -0.2) is 10.5 Å². The van der Waals surface area contributed by atoms with Crippen LogP contribution in [0.25, 0.3) is 21.8 Å². The molecule has 1 heterocycles. The first-order chi connectivity index (χ1) is 10.8. The Morgan fingerprint density at radius 3 is 2.64 bits per heavy atom. The van der Waals surface area contributed by atoms with Gasteiger partial charge in [0.15, 0.2) is 0 Å². The number of para-hydroxylation sites is 1. The number of fused-ring (bicyclic) bond motifs is 3. The Morgan fingerprint density at radius 1 is 1.14 bits per heavy atom. The Labute approximate surface area is 129 Å². The summed E-state index contributed by atoms with van der Waals surface area (Å²) in [4.78, 5) is 12.1. The number of carbonyl (C=O) groups is 1. The summed E-state index contributed by atoms with van der Waals surface area (Å²) < 4.78 is 2.32. The van der Waals surface area contributed by atoms with E-state index < -0.39 is 0 Å². The molecule has 3 nitrogen and oxygen atoms in total. The van der Waals surface area contributed by atoms with Gasteiger partial charge in [0.25, 0.3) is 0 Å². The van der Waals surface area contributed by atoms with E-state index in [1.165, 1.54) is 28.2 Å². The Hall–Kier alpha value is -2.29. The highest BCUT2D eigenvalue weighted by atomic mass is 16.1. The fourth-order valence-electron chi connectivity index (χ4n) is 3.39. The summed E-state index contributed by atoms with van der Waals surface area (Å²) in [5.41, 5.74) is 3.39. The quantitative estimate of drug-likeness (QED) is 0.754. The summed E-state index contributed by atoms with van der Waals surface area (Å²) >= 11 is 0. The van der Waals surface area contributed by atoms with Crippen molar-refractivity contribution in [2.24, 2.45) is 5.92 Å². The highest BCUT2D eigenvalue weighted by Crippen LogP contribution is 2.32. The zero-order valence-corrected chi connectivity index (χ0v) is 12.8. The standard InChI is InChI=1S/C19H20N2O/c1-2-21-17-9-4-3-8-15(17)16-12-14(10-11-18(16)21)20-19(22)13-6-5-7-13/h3-4,8-13H,2,5-7H2,1H3,(H,20,22). The SMILES string of the molecule is CCn1c2ccccc2c2cc(NC(=O)C3CCC3)ccc21. The van der Waals surface area contributed by atoms with Crippen LogP contribution in [0.15, 0.2) is 42.5 Å². The van der Waals surface area contributed by atoms with Crippen LogP contribution in [0.5, 0.6) is 0 Å². The van der Waals surface area contributed by atoms with Crippen LogP contribution >= 0.6 is 0 Å². The number of anilines is 1. The van der Waals surface area contributed by atoms with Crippen LogP contribution in [-0.2, 0) is 11.3 Å². The van der Waals surface area contributed by atoms with Crippen molar-refractivity contribution in [2.45, 2.75) is 32.7 Å². The summed E-state index contributed by atoms with van der Waals surface area (Å²) in [6, 6.07) is 14.7. The van der Waals surface area contributed by atoms with Gasteiger partial charge in [-0.1, -0.05) is 24.6 Å². The van der Waals surface area contributed by atoms with Crippen molar-refractivity contribution in [2.75, 3.05) is 5.32 Å². The minimum atomic E-state index is 0.171.